The quantitative estimate of drug-likeness (QED) is 0.528. The van der Waals surface area contributed by atoms with Gasteiger partial charge in [-0.2, -0.15) is 0 Å². The third-order valence-corrected chi connectivity index (χ3v) is 2.57. The molecule has 0 heterocycles. The summed E-state index contributed by atoms with van der Waals surface area (Å²) < 4.78 is 16.1. The van der Waals surface area contributed by atoms with E-state index >= 15 is 0 Å². The Morgan fingerprint density at radius 3 is 2.76 bits per heavy atom. The van der Waals surface area contributed by atoms with Gasteiger partial charge in [-0.15, -0.1) is 0 Å². The van der Waals surface area contributed by atoms with Gasteiger partial charge < -0.3 is 14.2 Å². The molecule has 1 unspecified atom stereocenters. The van der Waals surface area contributed by atoms with E-state index in [9.17, 15) is 0 Å². The van der Waals surface area contributed by atoms with E-state index in [2.05, 4.69) is 0 Å². The number of ether oxygens (including phenoxy) is 3. The second-order valence-corrected chi connectivity index (χ2v) is 4.06. The standard InChI is InChI=1S/C13H19ClO3/c1-3-15-10-17-11(2)8-9-16-13-7-5-4-6-12(13)14/h4-7,11H,3,8-10H2,1-2H3. The Kier molecular flexibility index (Phi) is 7.01. The third-order valence-electron chi connectivity index (χ3n) is 2.26. The monoisotopic (exact) mass is 258 g/mol. The molecule has 0 radical (unpaired) electrons. The van der Waals surface area contributed by atoms with Crippen LogP contribution in [0.1, 0.15) is 20.3 Å². The Hall–Kier alpha value is -0.770. The molecule has 96 valence electrons. The molecule has 0 aliphatic carbocycles. The van der Waals surface area contributed by atoms with Crippen LogP contribution in [0.2, 0.25) is 5.02 Å². The molecule has 1 atom stereocenters. The first-order chi connectivity index (χ1) is 8.24. The van der Waals surface area contributed by atoms with Crippen LogP contribution >= 0.6 is 11.6 Å². The van der Waals surface area contributed by atoms with Gasteiger partial charge in [-0.1, -0.05) is 23.7 Å². The summed E-state index contributed by atoms with van der Waals surface area (Å²) in [5, 5.41) is 0.635. The molecule has 0 fully saturated rings. The molecule has 0 amide bonds. The number of para-hydroxylation sites is 1. The minimum Gasteiger partial charge on any atom is -0.492 e. The highest BCUT2D eigenvalue weighted by atomic mass is 35.5. The van der Waals surface area contributed by atoms with Crippen LogP contribution < -0.4 is 4.74 Å². The maximum absolute atomic E-state index is 5.97. The molecule has 0 aliphatic rings. The topological polar surface area (TPSA) is 27.7 Å². The lowest BCUT2D eigenvalue weighted by atomic mass is 10.3. The Morgan fingerprint density at radius 1 is 1.29 bits per heavy atom. The zero-order chi connectivity index (χ0) is 12.5. The average Bonchev–Trinajstić information content (AvgIpc) is 2.32. The van der Waals surface area contributed by atoms with Crippen molar-refractivity contribution in [3.63, 3.8) is 0 Å². The summed E-state index contributed by atoms with van der Waals surface area (Å²) in [6.45, 7) is 5.52. The van der Waals surface area contributed by atoms with Crippen LogP contribution in [0.5, 0.6) is 5.75 Å². The van der Waals surface area contributed by atoms with Gasteiger partial charge >= 0.3 is 0 Å². The van der Waals surface area contributed by atoms with Crippen LogP contribution in [0.4, 0.5) is 0 Å². The first kappa shape index (κ1) is 14.3. The molecule has 0 aromatic heterocycles. The summed E-state index contributed by atoms with van der Waals surface area (Å²) in [4.78, 5) is 0. The van der Waals surface area contributed by atoms with Gasteiger partial charge in [-0.3, -0.25) is 0 Å². The molecule has 3 nitrogen and oxygen atoms in total. The van der Waals surface area contributed by atoms with Crippen molar-refractivity contribution in [2.75, 3.05) is 20.0 Å². The van der Waals surface area contributed by atoms with Gasteiger partial charge in [-0.05, 0) is 26.0 Å². The van der Waals surface area contributed by atoms with Crippen molar-refractivity contribution in [1.82, 2.24) is 0 Å². The highest BCUT2D eigenvalue weighted by Crippen LogP contribution is 2.23. The summed E-state index contributed by atoms with van der Waals surface area (Å²) in [6.07, 6.45) is 0.919. The SMILES string of the molecule is CCOCOC(C)CCOc1ccccc1Cl. The van der Waals surface area contributed by atoms with Gasteiger partial charge in [0.1, 0.15) is 12.5 Å². The number of hydrogen-bond donors (Lipinski definition) is 0. The molecule has 0 saturated heterocycles. The molecule has 17 heavy (non-hydrogen) atoms. The van der Waals surface area contributed by atoms with Crippen LogP contribution in [-0.2, 0) is 9.47 Å². The summed E-state index contributed by atoms with van der Waals surface area (Å²) in [7, 11) is 0. The van der Waals surface area contributed by atoms with E-state index in [1.165, 1.54) is 0 Å². The van der Waals surface area contributed by atoms with E-state index in [1.54, 1.807) is 0 Å². The summed E-state index contributed by atoms with van der Waals surface area (Å²) in [5.41, 5.74) is 0. The molecule has 0 bridgehead atoms. The van der Waals surface area contributed by atoms with E-state index in [0.29, 0.717) is 30.8 Å². The van der Waals surface area contributed by atoms with Crippen LogP contribution in [0.25, 0.3) is 0 Å². The fourth-order valence-electron chi connectivity index (χ4n) is 1.23. The van der Waals surface area contributed by atoms with Crippen molar-refractivity contribution in [2.45, 2.75) is 26.4 Å². The summed E-state index contributed by atoms with van der Waals surface area (Å²) in [5.74, 6) is 0.714. The predicted molar refractivity (Wildman–Crippen MR) is 68.6 cm³/mol. The van der Waals surface area contributed by atoms with Gasteiger partial charge in [0.05, 0.1) is 17.7 Å². The van der Waals surface area contributed by atoms with E-state index in [1.807, 2.05) is 38.1 Å². The number of halogens is 1. The second-order valence-electron chi connectivity index (χ2n) is 3.66. The van der Waals surface area contributed by atoms with Gasteiger partial charge in [0.15, 0.2) is 0 Å². The normalized spacial score (nSPS) is 12.4. The molecule has 0 aliphatic heterocycles. The predicted octanol–water partition coefficient (Wildman–Crippen LogP) is 3.51. The summed E-state index contributed by atoms with van der Waals surface area (Å²) in [6, 6.07) is 7.44. The average molecular weight is 259 g/mol. The minimum atomic E-state index is 0.115. The van der Waals surface area contributed by atoms with E-state index in [4.69, 9.17) is 25.8 Å². The van der Waals surface area contributed by atoms with Crippen molar-refractivity contribution < 1.29 is 14.2 Å². The van der Waals surface area contributed by atoms with Gasteiger partial charge in [-0.25, -0.2) is 0 Å². The first-order valence-electron chi connectivity index (χ1n) is 5.80. The molecule has 0 N–H and O–H groups in total. The van der Waals surface area contributed by atoms with Crippen molar-refractivity contribution in [2.24, 2.45) is 0 Å². The first-order valence-corrected chi connectivity index (χ1v) is 6.18. The molecule has 1 aromatic rings. The summed E-state index contributed by atoms with van der Waals surface area (Å²) >= 11 is 5.97. The lowest BCUT2D eigenvalue weighted by Gasteiger charge is -2.13. The van der Waals surface area contributed by atoms with E-state index < -0.39 is 0 Å². The minimum absolute atomic E-state index is 0.115. The van der Waals surface area contributed by atoms with Gasteiger partial charge in [0.2, 0.25) is 0 Å². The fourth-order valence-corrected chi connectivity index (χ4v) is 1.42. The molecule has 1 rings (SSSR count). The maximum atomic E-state index is 5.97. The fraction of sp³-hybridized carbons (Fsp3) is 0.538. The number of benzene rings is 1. The third kappa shape index (κ3) is 5.91. The number of hydrogen-bond acceptors (Lipinski definition) is 3. The lowest BCUT2D eigenvalue weighted by Crippen LogP contribution is -2.15. The molecular weight excluding hydrogens is 240 g/mol. The molecule has 1 aromatic carbocycles. The van der Waals surface area contributed by atoms with E-state index in [0.717, 1.165) is 6.42 Å². The Balaban J connectivity index is 2.17. The van der Waals surface area contributed by atoms with Crippen molar-refractivity contribution in [1.29, 1.82) is 0 Å². The zero-order valence-electron chi connectivity index (χ0n) is 10.3. The molecule has 0 spiro atoms. The highest BCUT2D eigenvalue weighted by molar-refractivity contribution is 6.32. The molecular formula is C13H19ClO3. The van der Waals surface area contributed by atoms with Crippen molar-refractivity contribution in [3.05, 3.63) is 29.3 Å². The largest absolute Gasteiger partial charge is 0.492 e. The lowest BCUT2D eigenvalue weighted by molar-refractivity contribution is -0.0843. The van der Waals surface area contributed by atoms with Crippen LogP contribution in [0, 0.1) is 0 Å². The van der Waals surface area contributed by atoms with Gasteiger partial charge in [0.25, 0.3) is 0 Å². The van der Waals surface area contributed by atoms with Gasteiger partial charge in [0, 0.05) is 13.0 Å². The second kappa shape index (κ2) is 8.34. The Bertz CT molecular complexity index is 317. The van der Waals surface area contributed by atoms with Crippen LogP contribution in [0.3, 0.4) is 0 Å². The Labute approximate surface area is 108 Å². The molecule has 4 heteroatoms. The zero-order valence-corrected chi connectivity index (χ0v) is 11.1. The molecule has 0 saturated carbocycles. The van der Waals surface area contributed by atoms with Crippen LogP contribution in [-0.4, -0.2) is 26.1 Å². The van der Waals surface area contributed by atoms with E-state index in [-0.39, 0.29) is 6.10 Å². The smallest absolute Gasteiger partial charge is 0.147 e. The maximum Gasteiger partial charge on any atom is 0.147 e. The number of rotatable bonds is 8. The van der Waals surface area contributed by atoms with Crippen molar-refractivity contribution in [3.8, 4) is 5.75 Å². The highest BCUT2D eigenvalue weighted by Gasteiger charge is 2.04. The van der Waals surface area contributed by atoms with Crippen LogP contribution in [0.15, 0.2) is 24.3 Å². The Morgan fingerprint density at radius 2 is 2.06 bits per heavy atom. The van der Waals surface area contributed by atoms with Crippen molar-refractivity contribution >= 4 is 11.6 Å².